The van der Waals surface area contributed by atoms with Crippen molar-refractivity contribution in [3.63, 3.8) is 0 Å². The Kier molecular flexibility index (Phi) is 3.79. The number of carboxylic acids is 1. The Morgan fingerprint density at radius 3 is 2.76 bits per heavy atom. The third-order valence-electron chi connectivity index (χ3n) is 3.88. The number of hydrogen-bond acceptors (Lipinski definition) is 3. The molecule has 1 aliphatic carbocycles. The minimum Gasteiger partial charge on any atom is -0.481 e. The molecular weight excluding hydrogens is 288 g/mol. The Balaban J connectivity index is 1.78. The standard InChI is InChI=1S/C15H16N2O3S/c18-14(16-11-5-3-4-10(11)15(19)20)13-12(6-9-21-13)17-7-1-2-8-17/h1-2,6-11H,3-5H2,(H,16,18)(H,19,20). The van der Waals surface area contributed by atoms with Crippen LogP contribution in [0.1, 0.15) is 28.9 Å². The normalized spacial score (nSPS) is 21.3. The molecule has 0 saturated heterocycles. The first-order chi connectivity index (χ1) is 10.2. The Bertz CT molecular complexity index is 648. The van der Waals surface area contributed by atoms with Crippen molar-refractivity contribution in [3.8, 4) is 5.69 Å². The first kappa shape index (κ1) is 13.9. The Labute approximate surface area is 126 Å². The molecular formula is C15H16N2O3S. The van der Waals surface area contributed by atoms with Crippen LogP contribution < -0.4 is 5.32 Å². The van der Waals surface area contributed by atoms with Crippen molar-refractivity contribution in [3.05, 3.63) is 40.8 Å². The molecule has 2 unspecified atom stereocenters. The summed E-state index contributed by atoms with van der Waals surface area (Å²) in [5.41, 5.74) is 0.826. The smallest absolute Gasteiger partial charge is 0.308 e. The highest BCUT2D eigenvalue weighted by Gasteiger charge is 2.34. The van der Waals surface area contributed by atoms with Gasteiger partial charge >= 0.3 is 5.97 Å². The van der Waals surface area contributed by atoms with E-state index in [0.717, 1.165) is 18.5 Å². The Morgan fingerprint density at radius 1 is 1.29 bits per heavy atom. The highest BCUT2D eigenvalue weighted by atomic mass is 32.1. The summed E-state index contributed by atoms with van der Waals surface area (Å²) in [5.74, 6) is -1.48. The van der Waals surface area contributed by atoms with Gasteiger partial charge in [0, 0.05) is 18.4 Å². The van der Waals surface area contributed by atoms with Gasteiger partial charge in [-0.15, -0.1) is 11.3 Å². The number of carbonyl (C=O) groups is 2. The van der Waals surface area contributed by atoms with Crippen molar-refractivity contribution < 1.29 is 14.7 Å². The summed E-state index contributed by atoms with van der Waals surface area (Å²) in [6, 6.07) is 5.42. The second-order valence-corrected chi connectivity index (χ2v) is 6.10. The zero-order chi connectivity index (χ0) is 14.8. The van der Waals surface area contributed by atoms with Crippen LogP contribution in [0.2, 0.25) is 0 Å². The number of carboxylic acid groups (broad SMARTS) is 1. The van der Waals surface area contributed by atoms with Crippen LogP contribution in [-0.4, -0.2) is 27.6 Å². The fraction of sp³-hybridized carbons (Fsp3) is 0.333. The van der Waals surface area contributed by atoms with E-state index in [0.29, 0.717) is 11.3 Å². The topological polar surface area (TPSA) is 71.3 Å². The maximum Gasteiger partial charge on any atom is 0.308 e. The zero-order valence-electron chi connectivity index (χ0n) is 11.4. The van der Waals surface area contributed by atoms with Crippen LogP contribution in [0, 0.1) is 5.92 Å². The summed E-state index contributed by atoms with van der Waals surface area (Å²) >= 11 is 1.37. The number of aromatic nitrogens is 1. The summed E-state index contributed by atoms with van der Waals surface area (Å²) in [6.07, 6.45) is 5.97. The van der Waals surface area contributed by atoms with Crippen molar-refractivity contribution in [1.82, 2.24) is 9.88 Å². The molecule has 1 fully saturated rings. The van der Waals surface area contributed by atoms with Crippen molar-refractivity contribution >= 4 is 23.2 Å². The fourth-order valence-electron chi connectivity index (χ4n) is 2.83. The predicted octanol–water partition coefficient (Wildman–Crippen LogP) is 2.52. The molecule has 1 amide bonds. The van der Waals surface area contributed by atoms with E-state index < -0.39 is 11.9 Å². The van der Waals surface area contributed by atoms with Gasteiger partial charge in [-0.25, -0.2) is 0 Å². The average molecular weight is 304 g/mol. The Hall–Kier alpha value is -2.08. The minimum absolute atomic E-state index is 0.188. The molecule has 5 nitrogen and oxygen atoms in total. The van der Waals surface area contributed by atoms with Gasteiger partial charge in [0.25, 0.3) is 5.91 Å². The van der Waals surface area contributed by atoms with E-state index in [2.05, 4.69) is 5.32 Å². The lowest BCUT2D eigenvalue weighted by Gasteiger charge is -2.17. The number of thiophene rings is 1. The summed E-state index contributed by atoms with van der Waals surface area (Å²) in [4.78, 5) is 24.2. The van der Waals surface area contributed by atoms with Crippen LogP contribution in [0.3, 0.4) is 0 Å². The van der Waals surface area contributed by atoms with E-state index in [9.17, 15) is 14.7 Å². The largest absolute Gasteiger partial charge is 0.481 e. The van der Waals surface area contributed by atoms with Gasteiger partial charge in [0.1, 0.15) is 4.88 Å². The van der Waals surface area contributed by atoms with E-state index >= 15 is 0 Å². The molecule has 0 radical (unpaired) electrons. The minimum atomic E-state index is -0.824. The highest BCUT2D eigenvalue weighted by molar-refractivity contribution is 7.12. The molecule has 1 saturated carbocycles. The first-order valence-corrected chi connectivity index (χ1v) is 7.79. The second-order valence-electron chi connectivity index (χ2n) is 5.18. The lowest BCUT2D eigenvalue weighted by Crippen LogP contribution is -2.40. The van der Waals surface area contributed by atoms with Crippen LogP contribution >= 0.6 is 11.3 Å². The molecule has 2 heterocycles. The van der Waals surface area contributed by atoms with Gasteiger partial charge in [0.2, 0.25) is 0 Å². The number of aliphatic carboxylic acids is 1. The Morgan fingerprint density at radius 2 is 2.05 bits per heavy atom. The van der Waals surface area contributed by atoms with Crippen molar-refractivity contribution in [2.24, 2.45) is 5.92 Å². The molecule has 1 aliphatic rings. The molecule has 21 heavy (non-hydrogen) atoms. The van der Waals surface area contributed by atoms with E-state index in [4.69, 9.17) is 0 Å². The van der Waals surface area contributed by atoms with Crippen LogP contribution in [0.25, 0.3) is 5.69 Å². The van der Waals surface area contributed by atoms with Gasteiger partial charge in [0.15, 0.2) is 0 Å². The third kappa shape index (κ3) is 2.71. The molecule has 0 aromatic carbocycles. The number of carbonyl (C=O) groups excluding carboxylic acids is 1. The average Bonchev–Trinajstić information content (AvgIpc) is 3.19. The molecule has 0 spiro atoms. The highest BCUT2D eigenvalue weighted by Crippen LogP contribution is 2.27. The number of nitrogens with one attached hydrogen (secondary N) is 1. The number of rotatable bonds is 4. The molecule has 3 rings (SSSR count). The zero-order valence-corrected chi connectivity index (χ0v) is 12.2. The van der Waals surface area contributed by atoms with Gasteiger partial charge in [-0.05, 0) is 36.4 Å². The molecule has 0 bridgehead atoms. The van der Waals surface area contributed by atoms with E-state index in [-0.39, 0.29) is 11.9 Å². The number of nitrogens with zero attached hydrogens (tertiary/aromatic N) is 1. The van der Waals surface area contributed by atoms with Crippen molar-refractivity contribution in [2.75, 3.05) is 0 Å². The van der Waals surface area contributed by atoms with E-state index in [1.807, 2.05) is 40.5 Å². The van der Waals surface area contributed by atoms with Crippen molar-refractivity contribution in [1.29, 1.82) is 0 Å². The molecule has 2 aromatic rings. The molecule has 2 aromatic heterocycles. The van der Waals surface area contributed by atoms with Gasteiger partial charge in [0.05, 0.1) is 11.6 Å². The molecule has 0 aliphatic heterocycles. The third-order valence-corrected chi connectivity index (χ3v) is 4.79. The van der Waals surface area contributed by atoms with Crippen LogP contribution in [0.15, 0.2) is 36.0 Å². The summed E-state index contributed by atoms with van der Waals surface area (Å²) in [6.45, 7) is 0. The predicted molar refractivity (Wildman–Crippen MR) is 79.9 cm³/mol. The van der Waals surface area contributed by atoms with Crippen LogP contribution in [0.5, 0.6) is 0 Å². The maximum absolute atomic E-state index is 12.4. The quantitative estimate of drug-likeness (QED) is 0.911. The second kappa shape index (κ2) is 5.73. The van der Waals surface area contributed by atoms with Gasteiger partial charge in [-0.1, -0.05) is 6.42 Å². The number of amides is 1. The van der Waals surface area contributed by atoms with Crippen LogP contribution in [0.4, 0.5) is 0 Å². The monoisotopic (exact) mass is 304 g/mol. The summed E-state index contributed by atoms with van der Waals surface area (Å²) in [5, 5.41) is 13.9. The molecule has 110 valence electrons. The maximum atomic E-state index is 12.4. The van der Waals surface area contributed by atoms with E-state index in [1.165, 1.54) is 11.3 Å². The van der Waals surface area contributed by atoms with Crippen LogP contribution in [-0.2, 0) is 4.79 Å². The fourth-order valence-corrected chi connectivity index (χ4v) is 3.63. The van der Waals surface area contributed by atoms with Gasteiger partial charge in [-0.2, -0.15) is 0 Å². The molecule has 2 N–H and O–H groups in total. The molecule has 6 heteroatoms. The summed E-state index contributed by atoms with van der Waals surface area (Å²) in [7, 11) is 0. The first-order valence-electron chi connectivity index (χ1n) is 6.91. The molecule has 2 atom stereocenters. The van der Waals surface area contributed by atoms with Crippen molar-refractivity contribution in [2.45, 2.75) is 25.3 Å². The van der Waals surface area contributed by atoms with Gasteiger partial charge in [-0.3, -0.25) is 9.59 Å². The number of hydrogen-bond donors (Lipinski definition) is 2. The SMILES string of the molecule is O=C(NC1CCCC1C(=O)O)c1sccc1-n1cccc1. The lowest BCUT2D eigenvalue weighted by molar-refractivity contribution is -0.142. The lowest BCUT2D eigenvalue weighted by atomic mass is 10.0. The van der Waals surface area contributed by atoms with E-state index in [1.54, 1.807) is 0 Å². The summed E-state index contributed by atoms with van der Waals surface area (Å²) < 4.78 is 1.88. The van der Waals surface area contributed by atoms with Gasteiger partial charge < -0.3 is 15.0 Å².